The van der Waals surface area contributed by atoms with Crippen molar-refractivity contribution in [2.24, 2.45) is 0 Å². The maximum Gasteiger partial charge on any atom is 0.254 e. The summed E-state index contributed by atoms with van der Waals surface area (Å²) < 4.78 is 6.30. The van der Waals surface area contributed by atoms with Gasteiger partial charge in [-0.1, -0.05) is 23.4 Å². The van der Waals surface area contributed by atoms with Crippen LogP contribution in [0.15, 0.2) is 53.2 Å². The molecule has 1 saturated heterocycles. The first kappa shape index (κ1) is 15.3. The molecule has 0 atom stereocenters. The van der Waals surface area contributed by atoms with E-state index in [4.69, 9.17) is 4.52 Å². The Bertz CT molecular complexity index is 875. The smallest absolute Gasteiger partial charge is 0.254 e. The number of halogens is 1. The first-order valence-electron chi connectivity index (χ1n) is 7.51. The fourth-order valence-electron chi connectivity index (χ4n) is 2.61. The summed E-state index contributed by atoms with van der Waals surface area (Å²) in [5.41, 5.74) is 1.41. The molecule has 1 aromatic carbocycles. The van der Waals surface area contributed by atoms with Crippen LogP contribution in [0.3, 0.4) is 0 Å². The monoisotopic (exact) mass is 432 g/mol. The van der Waals surface area contributed by atoms with Gasteiger partial charge in [-0.3, -0.25) is 9.78 Å². The van der Waals surface area contributed by atoms with E-state index in [1.165, 1.54) is 0 Å². The second kappa shape index (κ2) is 6.31. The second-order valence-corrected chi connectivity index (χ2v) is 6.72. The Kier molecular flexibility index (Phi) is 4.01. The van der Waals surface area contributed by atoms with Crippen molar-refractivity contribution in [2.75, 3.05) is 13.1 Å². The van der Waals surface area contributed by atoms with Crippen molar-refractivity contribution in [3.05, 3.63) is 63.7 Å². The molecule has 6 nitrogen and oxygen atoms in total. The molecule has 120 valence electrons. The number of rotatable bonds is 3. The zero-order valence-electron chi connectivity index (χ0n) is 12.6. The summed E-state index contributed by atoms with van der Waals surface area (Å²) in [6.07, 6.45) is 1.69. The van der Waals surface area contributed by atoms with E-state index in [1.54, 1.807) is 11.1 Å². The lowest BCUT2D eigenvalue weighted by Crippen LogP contribution is -2.48. The minimum atomic E-state index is 0.0423. The number of benzene rings is 1. The maximum atomic E-state index is 12.5. The third-order valence-electron chi connectivity index (χ3n) is 3.96. The van der Waals surface area contributed by atoms with E-state index in [0.29, 0.717) is 30.5 Å². The van der Waals surface area contributed by atoms with Crippen LogP contribution < -0.4 is 0 Å². The van der Waals surface area contributed by atoms with Crippen LogP contribution in [0, 0.1) is 3.57 Å². The van der Waals surface area contributed by atoms with Crippen molar-refractivity contribution in [2.45, 2.75) is 5.92 Å². The van der Waals surface area contributed by atoms with Crippen LogP contribution >= 0.6 is 22.6 Å². The lowest BCUT2D eigenvalue weighted by atomic mass is 9.99. The van der Waals surface area contributed by atoms with Crippen molar-refractivity contribution < 1.29 is 9.32 Å². The minimum Gasteiger partial charge on any atom is -0.338 e. The number of carbonyl (C=O) groups is 1. The summed E-state index contributed by atoms with van der Waals surface area (Å²) in [5.74, 6) is 1.16. The van der Waals surface area contributed by atoms with Gasteiger partial charge in [0, 0.05) is 22.9 Å². The van der Waals surface area contributed by atoms with Gasteiger partial charge in [0.15, 0.2) is 0 Å². The first-order valence-corrected chi connectivity index (χ1v) is 8.59. The molecule has 3 heterocycles. The van der Waals surface area contributed by atoms with Gasteiger partial charge in [-0.15, -0.1) is 0 Å². The summed E-state index contributed by atoms with van der Waals surface area (Å²) in [4.78, 5) is 22.9. The molecule has 0 spiro atoms. The minimum absolute atomic E-state index is 0.0423. The van der Waals surface area contributed by atoms with E-state index in [0.717, 1.165) is 9.13 Å². The average Bonchev–Trinajstić information content (AvgIpc) is 3.04. The Morgan fingerprint density at radius 1 is 1.17 bits per heavy atom. The average molecular weight is 432 g/mol. The molecule has 0 aliphatic carbocycles. The normalized spacial score (nSPS) is 14.5. The van der Waals surface area contributed by atoms with Crippen LogP contribution in [-0.4, -0.2) is 39.0 Å². The number of hydrogen-bond donors (Lipinski definition) is 0. The summed E-state index contributed by atoms with van der Waals surface area (Å²) in [5, 5.41) is 3.98. The van der Waals surface area contributed by atoms with Gasteiger partial charge in [0.1, 0.15) is 5.69 Å². The molecule has 3 aromatic rings. The zero-order valence-corrected chi connectivity index (χ0v) is 14.8. The molecule has 1 aliphatic heterocycles. The van der Waals surface area contributed by atoms with Gasteiger partial charge in [0.25, 0.3) is 5.91 Å². The lowest BCUT2D eigenvalue weighted by Gasteiger charge is -2.37. The summed E-state index contributed by atoms with van der Waals surface area (Å²) in [7, 11) is 0. The van der Waals surface area contributed by atoms with Crippen LogP contribution in [0.5, 0.6) is 0 Å². The van der Waals surface area contributed by atoms with E-state index < -0.39 is 0 Å². The van der Waals surface area contributed by atoms with E-state index in [1.807, 2.05) is 42.5 Å². The van der Waals surface area contributed by atoms with E-state index in [-0.39, 0.29) is 11.8 Å². The van der Waals surface area contributed by atoms with Crippen LogP contribution in [-0.2, 0) is 0 Å². The van der Waals surface area contributed by atoms with Gasteiger partial charge in [0.2, 0.25) is 11.7 Å². The fourth-order valence-corrected chi connectivity index (χ4v) is 3.22. The van der Waals surface area contributed by atoms with Gasteiger partial charge < -0.3 is 9.42 Å². The Hall–Kier alpha value is -2.29. The molecule has 0 N–H and O–H groups in total. The van der Waals surface area contributed by atoms with Gasteiger partial charge in [0.05, 0.1) is 11.5 Å². The number of amides is 1. The quantitative estimate of drug-likeness (QED) is 0.596. The summed E-state index contributed by atoms with van der Waals surface area (Å²) >= 11 is 2.18. The Labute approximate surface area is 152 Å². The van der Waals surface area contributed by atoms with Gasteiger partial charge in [-0.25, -0.2) is 0 Å². The number of hydrogen-bond acceptors (Lipinski definition) is 5. The Morgan fingerprint density at radius 2 is 1.96 bits per heavy atom. The van der Waals surface area contributed by atoms with Gasteiger partial charge in [-0.05, 0) is 46.9 Å². The number of nitrogens with zero attached hydrogens (tertiary/aromatic N) is 4. The molecular formula is C17H13IN4O2. The van der Waals surface area contributed by atoms with E-state index in [9.17, 15) is 4.79 Å². The van der Waals surface area contributed by atoms with Crippen LogP contribution in [0.25, 0.3) is 11.5 Å². The number of pyridine rings is 1. The Morgan fingerprint density at radius 3 is 2.71 bits per heavy atom. The van der Waals surface area contributed by atoms with Crippen molar-refractivity contribution in [1.82, 2.24) is 20.0 Å². The van der Waals surface area contributed by atoms with Crippen molar-refractivity contribution in [3.8, 4) is 11.5 Å². The first-order chi connectivity index (χ1) is 11.7. The SMILES string of the molecule is O=C(c1ccccc1I)N1CC(c2nc(-c3ccccn3)no2)C1. The highest BCUT2D eigenvalue weighted by molar-refractivity contribution is 14.1. The fraction of sp³-hybridized carbons (Fsp3) is 0.176. The van der Waals surface area contributed by atoms with Gasteiger partial charge in [-0.2, -0.15) is 4.98 Å². The van der Waals surface area contributed by atoms with Crippen LogP contribution in [0.2, 0.25) is 0 Å². The van der Waals surface area contributed by atoms with E-state index in [2.05, 4.69) is 37.7 Å². The predicted molar refractivity (Wildman–Crippen MR) is 95.3 cm³/mol. The van der Waals surface area contributed by atoms with Crippen molar-refractivity contribution >= 4 is 28.5 Å². The second-order valence-electron chi connectivity index (χ2n) is 5.56. The molecule has 1 fully saturated rings. The molecule has 0 radical (unpaired) electrons. The number of aromatic nitrogens is 3. The molecule has 0 saturated carbocycles. The van der Waals surface area contributed by atoms with Gasteiger partial charge >= 0.3 is 0 Å². The molecule has 0 bridgehead atoms. The highest BCUT2D eigenvalue weighted by Crippen LogP contribution is 2.29. The lowest BCUT2D eigenvalue weighted by molar-refractivity contribution is 0.0568. The van der Waals surface area contributed by atoms with Crippen LogP contribution in [0.1, 0.15) is 22.2 Å². The van der Waals surface area contributed by atoms with Crippen LogP contribution in [0.4, 0.5) is 0 Å². The Balaban J connectivity index is 1.44. The third kappa shape index (κ3) is 2.79. The molecule has 1 aliphatic rings. The molecular weight excluding hydrogens is 419 g/mol. The maximum absolute atomic E-state index is 12.5. The van der Waals surface area contributed by atoms with Crippen molar-refractivity contribution in [1.29, 1.82) is 0 Å². The molecule has 1 amide bonds. The highest BCUT2D eigenvalue weighted by atomic mass is 127. The molecule has 0 unspecified atom stereocenters. The molecule has 24 heavy (non-hydrogen) atoms. The highest BCUT2D eigenvalue weighted by Gasteiger charge is 2.36. The molecule has 7 heteroatoms. The van der Waals surface area contributed by atoms with Crippen molar-refractivity contribution in [3.63, 3.8) is 0 Å². The molecule has 4 rings (SSSR count). The predicted octanol–water partition coefficient (Wildman–Crippen LogP) is 2.98. The summed E-state index contributed by atoms with van der Waals surface area (Å²) in [6, 6.07) is 13.1. The van der Waals surface area contributed by atoms with E-state index >= 15 is 0 Å². The topological polar surface area (TPSA) is 72.1 Å². The summed E-state index contributed by atoms with van der Waals surface area (Å²) in [6.45, 7) is 1.18. The third-order valence-corrected chi connectivity index (χ3v) is 4.90. The number of carbonyl (C=O) groups excluding carboxylic acids is 1. The standard InChI is InChI=1S/C17H13IN4O2/c18-13-6-2-1-5-12(13)17(23)22-9-11(10-22)16-20-15(21-24-16)14-7-3-4-8-19-14/h1-8,11H,9-10H2. The molecule has 2 aromatic heterocycles. The number of likely N-dealkylation sites (tertiary alicyclic amines) is 1. The largest absolute Gasteiger partial charge is 0.338 e. The zero-order chi connectivity index (χ0) is 16.5.